The molecule has 2 amide bonds. The summed E-state index contributed by atoms with van der Waals surface area (Å²) < 4.78 is 5.27. The third-order valence-corrected chi connectivity index (χ3v) is 4.74. The van der Waals surface area contributed by atoms with E-state index in [9.17, 15) is 9.59 Å². The fourth-order valence-electron chi connectivity index (χ4n) is 2.32. The minimum absolute atomic E-state index is 0.00928. The fraction of sp³-hybridized carbons (Fsp3) is 0.579. The molecule has 0 saturated heterocycles. The molecule has 0 fully saturated rings. The van der Waals surface area contributed by atoms with Crippen LogP contribution in [0, 0.1) is 0 Å². The van der Waals surface area contributed by atoms with Crippen LogP contribution in [0.2, 0.25) is 11.1 Å². The molecule has 0 aliphatic heterocycles. The van der Waals surface area contributed by atoms with Crippen LogP contribution in [-0.2, 0) is 16.0 Å². The second kappa shape index (κ2) is 10.5. The predicted molar refractivity (Wildman–Crippen MR) is 102 cm³/mol. The van der Waals surface area contributed by atoms with Crippen molar-refractivity contribution in [3.63, 3.8) is 0 Å². The van der Waals surface area contributed by atoms with E-state index >= 15 is 0 Å². The topological polar surface area (TPSA) is 67.4 Å². The SMILES string of the molecule is C[Se]CCC(NC(=O)OC(C)(C)C)C(=O)NC(C)Cc1ccccc1. The zero-order valence-corrected chi connectivity index (χ0v) is 17.5. The van der Waals surface area contributed by atoms with Gasteiger partial charge in [-0.15, -0.1) is 0 Å². The van der Waals surface area contributed by atoms with Gasteiger partial charge in [-0.2, -0.15) is 0 Å². The molecule has 0 aromatic heterocycles. The van der Waals surface area contributed by atoms with Crippen LogP contribution in [0.5, 0.6) is 0 Å². The number of hydrogen-bond donors (Lipinski definition) is 2. The maximum atomic E-state index is 12.6. The van der Waals surface area contributed by atoms with Crippen molar-refractivity contribution in [3.8, 4) is 0 Å². The van der Waals surface area contributed by atoms with Crippen molar-refractivity contribution in [1.82, 2.24) is 10.6 Å². The van der Waals surface area contributed by atoms with E-state index in [4.69, 9.17) is 4.74 Å². The summed E-state index contributed by atoms with van der Waals surface area (Å²) in [6.45, 7) is 7.38. The summed E-state index contributed by atoms with van der Waals surface area (Å²) in [6, 6.07) is 9.46. The van der Waals surface area contributed by atoms with E-state index in [1.54, 1.807) is 20.8 Å². The zero-order valence-electron chi connectivity index (χ0n) is 15.8. The summed E-state index contributed by atoms with van der Waals surface area (Å²) in [4.78, 5) is 24.6. The summed E-state index contributed by atoms with van der Waals surface area (Å²) in [5.74, 6) is 1.96. The molecule has 0 radical (unpaired) electrons. The quantitative estimate of drug-likeness (QED) is 0.644. The first-order chi connectivity index (χ1) is 11.7. The van der Waals surface area contributed by atoms with Gasteiger partial charge in [-0.05, 0) is 0 Å². The Bertz CT molecular complexity index is 543. The summed E-state index contributed by atoms with van der Waals surface area (Å²) in [6.07, 6.45) is 0.829. The van der Waals surface area contributed by atoms with Crippen LogP contribution < -0.4 is 10.6 Å². The molecule has 0 aliphatic rings. The minimum atomic E-state index is -0.583. The summed E-state index contributed by atoms with van der Waals surface area (Å²) >= 11 is 0.448. The molecule has 2 unspecified atom stereocenters. The van der Waals surface area contributed by atoms with E-state index in [1.165, 1.54) is 5.56 Å². The Labute approximate surface area is 157 Å². The first-order valence-corrected chi connectivity index (χ1v) is 11.5. The Hall–Kier alpha value is -1.52. The van der Waals surface area contributed by atoms with Gasteiger partial charge < -0.3 is 0 Å². The van der Waals surface area contributed by atoms with Crippen LogP contribution >= 0.6 is 0 Å². The van der Waals surface area contributed by atoms with E-state index in [-0.39, 0.29) is 11.9 Å². The Morgan fingerprint density at radius 2 is 1.80 bits per heavy atom. The van der Waals surface area contributed by atoms with Crippen molar-refractivity contribution in [3.05, 3.63) is 35.9 Å². The van der Waals surface area contributed by atoms with Gasteiger partial charge in [0.15, 0.2) is 0 Å². The van der Waals surface area contributed by atoms with Crippen molar-refractivity contribution in [1.29, 1.82) is 0 Å². The molecule has 0 saturated carbocycles. The van der Waals surface area contributed by atoms with Gasteiger partial charge in [0.25, 0.3) is 0 Å². The molecule has 2 atom stereocenters. The molecule has 25 heavy (non-hydrogen) atoms. The van der Waals surface area contributed by atoms with Crippen LogP contribution in [0.15, 0.2) is 30.3 Å². The Morgan fingerprint density at radius 1 is 1.16 bits per heavy atom. The third kappa shape index (κ3) is 9.51. The summed E-state index contributed by atoms with van der Waals surface area (Å²) in [5, 5.41) is 6.64. The number of amides is 2. The van der Waals surface area contributed by atoms with Crippen molar-refractivity contribution >= 4 is 27.0 Å². The number of benzene rings is 1. The predicted octanol–water partition coefficient (Wildman–Crippen LogP) is 3.19. The van der Waals surface area contributed by atoms with Gasteiger partial charge in [0.2, 0.25) is 0 Å². The first-order valence-electron chi connectivity index (χ1n) is 8.54. The number of nitrogens with one attached hydrogen (secondary N) is 2. The number of alkyl carbamates (subject to hydrolysis) is 1. The fourth-order valence-corrected chi connectivity index (χ4v) is 3.31. The number of rotatable bonds is 8. The van der Waals surface area contributed by atoms with Gasteiger partial charge in [-0.3, -0.25) is 0 Å². The standard InChI is InChI=1S/C19H30N2O3Se/c1-14(13-15-9-7-6-8-10-15)20-17(22)16(11-12-25-5)21-18(23)24-19(2,3)4/h6-10,14,16H,11-13H2,1-5H3,(H,20,22)(H,21,23). The third-order valence-electron chi connectivity index (χ3n) is 3.39. The molecule has 1 aromatic rings. The molecule has 0 spiro atoms. The molecule has 6 heteroatoms. The number of ether oxygens (including phenoxy) is 1. The molecule has 0 bridgehead atoms. The van der Waals surface area contributed by atoms with Gasteiger partial charge in [-0.25, -0.2) is 0 Å². The van der Waals surface area contributed by atoms with E-state index in [0.29, 0.717) is 21.4 Å². The second-order valence-electron chi connectivity index (χ2n) is 7.08. The van der Waals surface area contributed by atoms with Crippen LogP contribution in [0.25, 0.3) is 0 Å². The van der Waals surface area contributed by atoms with Crippen molar-refractivity contribution < 1.29 is 14.3 Å². The van der Waals surface area contributed by atoms with Crippen LogP contribution in [-0.4, -0.2) is 44.6 Å². The molecule has 0 aliphatic carbocycles. The summed E-state index contributed by atoms with van der Waals surface area (Å²) in [5.41, 5.74) is 0.587. The second-order valence-corrected chi connectivity index (χ2v) is 9.15. The zero-order chi connectivity index (χ0) is 18.9. The van der Waals surface area contributed by atoms with E-state index in [0.717, 1.165) is 11.7 Å². The van der Waals surface area contributed by atoms with Gasteiger partial charge in [0, 0.05) is 0 Å². The summed E-state index contributed by atoms with van der Waals surface area (Å²) in [7, 11) is 0. The van der Waals surface area contributed by atoms with Crippen LogP contribution in [0.3, 0.4) is 0 Å². The average Bonchev–Trinajstić information content (AvgIpc) is 2.50. The maximum absolute atomic E-state index is 12.6. The average molecular weight is 413 g/mol. The monoisotopic (exact) mass is 414 g/mol. The van der Waals surface area contributed by atoms with Crippen molar-refractivity contribution in [2.45, 2.75) is 69.4 Å². The van der Waals surface area contributed by atoms with Gasteiger partial charge in [0.05, 0.1) is 0 Å². The molecule has 5 nitrogen and oxygen atoms in total. The molecule has 0 heterocycles. The molecule has 1 aromatic carbocycles. The van der Waals surface area contributed by atoms with E-state index in [1.807, 2.05) is 37.3 Å². The normalized spacial score (nSPS) is 13.6. The number of carbonyl (C=O) groups is 2. The number of hydrogen-bond acceptors (Lipinski definition) is 3. The van der Waals surface area contributed by atoms with Crippen LogP contribution in [0.1, 0.15) is 39.7 Å². The van der Waals surface area contributed by atoms with E-state index < -0.39 is 17.7 Å². The first kappa shape index (κ1) is 21.5. The molecular formula is C19H30N2O3Se. The molecule has 1 rings (SSSR count). The number of carbonyl (C=O) groups excluding carboxylic acids is 2. The van der Waals surface area contributed by atoms with Gasteiger partial charge in [0.1, 0.15) is 0 Å². The van der Waals surface area contributed by atoms with E-state index in [2.05, 4.69) is 16.5 Å². The van der Waals surface area contributed by atoms with Gasteiger partial charge in [-0.1, -0.05) is 0 Å². The van der Waals surface area contributed by atoms with Crippen LogP contribution in [0.4, 0.5) is 4.79 Å². The van der Waals surface area contributed by atoms with Crippen molar-refractivity contribution in [2.24, 2.45) is 0 Å². The Morgan fingerprint density at radius 3 is 2.36 bits per heavy atom. The molecule has 2 N–H and O–H groups in total. The van der Waals surface area contributed by atoms with Gasteiger partial charge >= 0.3 is 157 Å². The molecular weight excluding hydrogens is 383 g/mol. The van der Waals surface area contributed by atoms with Crippen molar-refractivity contribution in [2.75, 3.05) is 0 Å². The Balaban J connectivity index is 2.61. The molecule has 140 valence electrons. The Kier molecular flexibility index (Phi) is 9.01.